The lowest BCUT2D eigenvalue weighted by molar-refractivity contribution is -0.149. The summed E-state index contributed by atoms with van der Waals surface area (Å²) in [6.45, 7) is 0.406. The maximum absolute atomic E-state index is 11.8. The highest BCUT2D eigenvalue weighted by atomic mass is 16.5. The van der Waals surface area contributed by atoms with Crippen LogP contribution in [-0.4, -0.2) is 34.6 Å². The summed E-state index contributed by atoms with van der Waals surface area (Å²) in [7, 11) is 0. The number of esters is 1. The zero-order chi connectivity index (χ0) is 13.8. The summed E-state index contributed by atoms with van der Waals surface area (Å²) >= 11 is 0. The van der Waals surface area contributed by atoms with E-state index in [0.29, 0.717) is 0 Å². The number of hydrogen-bond donors (Lipinski definition) is 2. The Morgan fingerprint density at radius 2 is 2.05 bits per heavy atom. The minimum atomic E-state index is -1.01. The van der Waals surface area contributed by atoms with Gasteiger partial charge in [0.15, 0.2) is 0 Å². The van der Waals surface area contributed by atoms with Crippen LogP contribution < -0.4 is 5.84 Å². The molecule has 1 saturated heterocycles. The molecule has 3 N–H and O–H groups in total. The molecule has 6 nitrogen and oxygen atoms in total. The highest BCUT2D eigenvalue weighted by Crippen LogP contribution is 2.22. The van der Waals surface area contributed by atoms with Crippen molar-refractivity contribution in [2.75, 3.05) is 6.54 Å². The summed E-state index contributed by atoms with van der Waals surface area (Å²) in [4.78, 5) is 22.7. The number of aliphatic carboxylic acids is 1. The average Bonchev–Trinajstić information content (AvgIpc) is 2.79. The Balaban J connectivity index is 1.86. The number of nitrogens with zero attached hydrogens (tertiary/aromatic N) is 1. The number of nitrogens with two attached hydrogens (primary N) is 1. The highest BCUT2D eigenvalue weighted by molar-refractivity contribution is 5.78. The number of hydrogen-bond acceptors (Lipinski definition) is 5. The molecule has 0 saturated carbocycles. The quantitative estimate of drug-likeness (QED) is 0.603. The Hall–Kier alpha value is -1.92. The molecule has 0 aliphatic carbocycles. The Labute approximate surface area is 110 Å². The van der Waals surface area contributed by atoms with Crippen LogP contribution in [0.15, 0.2) is 30.3 Å². The van der Waals surface area contributed by atoms with Gasteiger partial charge in [-0.25, -0.2) is 5.01 Å². The van der Waals surface area contributed by atoms with Gasteiger partial charge >= 0.3 is 11.9 Å². The van der Waals surface area contributed by atoms with E-state index >= 15 is 0 Å². The van der Waals surface area contributed by atoms with Gasteiger partial charge in [0.25, 0.3) is 0 Å². The normalized spacial score (nSPS) is 23.2. The maximum Gasteiger partial charge on any atom is 0.322 e. The molecule has 0 spiro atoms. The van der Waals surface area contributed by atoms with Gasteiger partial charge in [-0.05, 0) is 12.0 Å². The molecule has 1 aliphatic rings. The fourth-order valence-corrected chi connectivity index (χ4v) is 2.12. The number of rotatable bonds is 4. The molecule has 0 aromatic heterocycles. The summed E-state index contributed by atoms with van der Waals surface area (Å²) in [6.07, 6.45) is 0.194. The standard InChI is InChI=1S/C13H16N2O4/c14-15-7-10(6-11(15)12(16)17)13(18)19-8-9-4-2-1-3-5-9/h1-5,10-11H,6-8,14H2,(H,16,17)/t10-,11+/m0/s1. The van der Waals surface area contributed by atoms with E-state index < -0.39 is 23.9 Å². The van der Waals surface area contributed by atoms with Crippen LogP contribution in [-0.2, 0) is 20.9 Å². The third-order valence-electron chi connectivity index (χ3n) is 3.18. The van der Waals surface area contributed by atoms with E-state index in [9.17, 15) is 9.59 Å². The zero-order valence-electron chi connectivity index (χ0n) is 10.4. The van der Waals surface area contributed by atoms with Crippen molar-refractivity contribution in [2.45, 2.75) is 19.1 Å². The molecule has 1 aromatic carbocycles. The lowest BCUT2D eigenvalue weighted by Gasteiger charge is -2.12. The molecule has 1 fully saturated rings. The second-order valence-electron chi connectivity index (χ2n) is 4.58. The Morgan fingerprint density at radius 3 is 2.63 bits per heavy atom. The van der Waals surface area contributed by atoms with Crippen LogP contribution >= 0.6 is 0 Å². The molecule has 1 aromatic rings. The highest BCUT2D eigenvalue weighted by Gasteiger charge is 2.39. The third-order valence-corrected chi connectivity index (χ3v) is 3.18. The van der Waals surface area contributed by atoms with Gasteiger partial charge in [-0.3, -0.25) is 15.4 Å². The molecule has 1 heterocycles. The van der Waals surface area contributed by atoms with Crippen LogP contribution in [0.4, 0.5) is 0 Å². The molecular formula is C13H16N2O4. The third kappa shape index (κ3) is 3.30. The van der Waals surface area contributed by atoms with E-state index in [1.165, 1.54) is 5.01 Å². The summed E-state index contributed by atoms with van der Waals surface area (Å²) < 4.78 is 5.17. The fourth-order valence-electron chi connectivity index (χ4n) is 2.12. The molecular weight excluding hydrogens is 248 g/mol. The van der Waals surface area contributed by atoms with Gasteiger partial charge in [-0.2, -0.15) is 0 Å². The Morgan fingerprint density at radius 1 is 1.37 bits per heavy atom. The molecule has 19 heavy (non-hydrogen) atoms. The van der Waals surface area contributed by atoms with Crippen molar-refractivity contribution in [3.05, 3.63) is 35.9 Å². The van der Waals surface area contributed by atoms with E-state index in [1.807, 2.05) is 30.3 Å². The average molecular weight is 264 g/mol. The lowest BCUT2D eigenvalue weighted by atomic mass is 10.1. The van der Waals surface area contributed by atoms with Crippen molar-refractivity contribution < 1.29 is 19.4 Å². The first-order chi connectivity index (χ1) is 9.08. The molecule has 2 atom stereocenters. The van der Waals surface area contributed by atoms with Crippen LogP contribution in [0.5, 0.6) is 0 Å². The summed E-state index contributed by atoms with van der Waals surface area (Å²) in [5, 5.41) is 10.1. The summed E-state index contributed by atoms with van der Waals surface area (Å²) in [5.41, 5.74) is 0.897. The first kappa shape index (κ1) is 13.5. The van der Waals surface area contributed by atoms with Gasteiger partial charge in [0.1, 0.15) is 12.6 Å². The van der Waals surface area contributed by atoms with Crippen molar-refractivity contribution >= 4 is 11.9 Å². The maximum atomic E-state index is 11.8. The molecule has 2 rings (SSSR count). The van der Waals surface area contributed by atoms with Crippen molar-refractivity contribution in [2.24, 2.45) is 11.8 Å². The lowest BCUT2D eigenvalue weighted by Crippen LogP contribution is -2.41. The molecule has 102 valence electrons. The van der Waals surface area contributed by atoms with E-state index in [1.54, 1.807) is 0 Å². The zero-order valence-corrected chi connectivity index (χ0v) is 10.4. The van der Waals surface area contributed by atoms with Crippen LogP contribution in [0, 0.1) is 5.92 Å². The van der Waals surface area contributed by atoms with Gasteiger partial charge < -0.3 is 9.84 Å². The smallest absolute Gasteiger partial charge is 0.322 e. The molecule has 0 radical (unpaired) electrons. The first-order valence-corrected chi connectivity index (χ1v) is 6.02. The van der Waals surface area contributed by atoms with Gasteiger partial charge in [-0.1, -0.05) is 30.3 Å². The number of hydrazine groups is 1. The number of carbonyl (C=O) groups excluding carboxylic acids is 1. The number of carbonyl (C=O) groups is 2. The summed E-state index contributed by atoms with van der Waals surface area (Å²) in [6, 6.07) is 8.51. The Bertz CT molecular complexity index is 463. The van der Waals surface area contributed by atoms with E-state index in [-0.39, 0.29) is 19.6 Å². The molecule has 0 bridgehead atoms. The second-order valence-corrected chi connectivity index (χ2v) is 4.58. The molecule has 6 heteroatoms. The van der Waals surface area contributed by atoms with Crippen LogP contribution in [0.1, 0.15) is 12.0 Å². The van der Waals surface area contributed by atoms with E-state index in [0.717, 1.165) is 5.56 Å². The predicted molar refractivity (Wildman–Crippen MR) is 66.7 cm³/mol. The molecule has 0 unspecified atom stereocenters. The minimum Gasteiger partial charge on any atom is -0.480 e. The number of ether oxygens (including phenoxy) is 1. The summed E-state index contributed by atoms with van der Waals surface area (Å²) in [5.74, 6) is 3.67. The Kier molecular flexibility index (Phi) is 4.13. The SMILES string of the molecule is NN1C[C@@H](C(=O)OCc2ccccc2)C[C@@H]1C(=O)O. The molecule has 0 amide bonds. The topological polar surface area (TPSA) is 92.9 Å². The van der Waals surface area contributed by atoms with Gasteiger partial charge in [0, 0.05) is 6.54 Å². The van der Waals surface area contributed by atoms with E-state index in [2.05, 4.69) is 0 Å². The predicted octanol–water partition coefficient (Wildman–Crippen LogP) is 0.379. The van der Waals surface area contributed by atoms with Gasteiger partial charge in [0.05, 0.1) is 5.92 Å². The van der Waals surface area contributed by atoms with Crippen molar-refractivity contribution in [1.29, 1.82) is 0 Å². The first-order valence-electron chi connectivity index (χ1n) is 6.02. The number of benzene rings is 1. The van der Waals surface area contributed by atoms with Gasteiger partial charge in [-0.15, -0.1) is 0 Å². The van der Waals surface area contributed by atoms with Crippen LogP contribution in [0.3, 0.4) is 0 Å². The van der Waals surface area contributed by atoms with E-state index in [4.69, 9.17) is 15.7 Å². The molecule has 1 aliphatic heterocycles. The number of carboxylic acid groups (broad SMARTS) is 1. The van der Waals surface area contributed by atoms with Crippen molar-refractivity contribution in [3.8, 4) is 0 Å². The van der Waals surface area contributed by atoms with Gasteiger partial charge in [0.2, 0.25) is 0 Å². The van der Waals surface area contributed by atoms with Crippen molar-refractivity contribution in [1.82, 2.24) is 5.01 Å². The minimum absolute atomic E-state index is 0.193. The second kappa shape index (κ2) is 5.81. The fraction of sp³-hybridized carbons (Fsp3) is 0.385. The van der Waals surface area contributed by atoms with Crippen LogP contribution in [0.25, 0.3) is 0 Å². The number of carboxylic acids is 1. The largest absolute Gasteiger partial charge is 0.480 e. The van der Waals surface area contributed by atoms with Crippen molar-refractivity contribution in [3.63, 3.8) is 0 Å². The monoisotopic (exact) mass is 264 g/mol. The van der Waals surface area contributed by atoms with Crippen LogP contribution in [0.2, 0.25) is 0 Å².